The number of hydrogen-bond acceptors (Lipinski definition) is 3. The van der Waals surface area contributed by atoms with Gasteiger partial charge in [0, 0.05) is 32.9 Å². The predicted octanol–water partition coefficient (Wildman–Crippen LogP) is 1.83. The van der Waals surface area contributed by atoms with Crippen molar-refractivity contribution in [3.05, 3.63) is 29.6 Å². The Balaban J connectivity index is 2.20. The van der Waals surface area contributed by atoms with E-state index < -0.39 is 23.1 Å². The number of rotatable bonds is 3. The van der Waals surface area contributed by atoms with E-state index in [2.05, 4.69) is 0 Å². The first-order valence-corrected chi connectivity index (χ1v) is 6.74. The number of hydrogen-bond donors (Lipinski definition) is 1. The van der Waals surface area contributed by atoms with Crippen LogP contribution in [-0.2, 0) is 4.79 Å². The number of carboxylic acids is 1. The van der Waals surface area contributed by atoms with Crippen molar-refractivity contribution >= 4 is 17.6 Å². The third kappa shape index (κ3) is 2.84. The van der Waals surface area contributed by atoms with Crippen LogP contribution in [0.3, 0.4) is 0 Å². The van der Waals surface area contributed by atoms with Crippen molar-refractivity contribution in [1.82, 2.24) is 4.90 Å². The van der Waals surface area contributed by atoms with E-state index in [4.69, 9.17) is 0 Å². The van der Waals surface area contributed by atoms with E-state index in [-0.39, 0.29) is 12.1 Å². The molecule has 1 amide bonds. The Kier molecular flexibility index (Phi) is 3.89. The number of halogens is 1. The van der Waals surface area contributed by atoms with Gasteiger partial charge in [0.15, 0.2) is 0 Å². The van der Waals surface area contributed by atoms with Crippen molar-refractivity contribution in [3.63, 3.8) is 0 Å². The van der Waals surface area contributed by atoms with Gasteiger partial charge in [-0.3, -0.25) is 9.59 Å². The van der Waals surface area contributed by atoms with Crippen molar-refractivity contribution in [3.8, 4) is 0 Å². The van der Waals surface area contributed by atoms with Crippen molar-refractivity contribution in [1.29, 1.82) is 0 Å². The maximum absolute atomic E-state index is 14.1. The zero-order valence-corrected chi connectivity index (χ0v) is 12.4. The second kappa shape index (κ2) is 5.35. The topological polar surface area (TPSA) is 60.9 Å². The summed E-state index contributed by atoms with van der Waals surface area (Å²) >= 11 is 0. The maximum atomic E-state index is 14.1. The van der Waals surface area contributed by atoms with Crippen molar-refractivity contribution in [2.45, 2.75) is 13.3 Å². The average Bonchev–Trinajstić information content (AvgIpc) is 2.82. The van der Waals surface area contributed by atoms with Gasteiger partial charge in [-0.2, -0.15) is 0 Å². The highest BCUT2D eigenvalue weighted by Crippen LogP contribution is 2.31. The Labute approximate surface area is 123 Å². The molecule has 1 fully saturated rings. The molecule has 1 aliphatic heterocycles. The lowest BCUT2D eigenvalue weighted by atomic mass is 9.90. The van der Waals surface area contributed by atoms with Crippen LogP contribution in [0.5, 0.6) is 0 Å². The SMILES string of the molecule is CN(C)c1ccc(C(=O)N2CCC(C)(C(=O)O)C2)c(F)c1. The maximum Gasteiger partial charge on any atom is 0.311 e. The summed E-state index contributed by atoms with van der Waals surface area (Å²) in [6, 6.07) is 4.42. The van der Waals surface area contributed by atoms with Gasteiger partial charge in [0.1, 0.15) is 5.82 Å². The average molecular weight is 294 g/mol. The molecule has 0 bridgehead atoms. The van der Waals surface area contributed by atoms with E-state index in [1.807, 2.05) is 0 Å². The summed E-state index contributed by atoms with van der Waals surface area (Å²) in [5.74, 6) is -1.97. The van der Waals surface area contributed by atoms with Crippen LogP contribution in [0.4, 0.5) is 10.1 Å². The molecule has 0 aliphatic carbocycles. The number of nitrogens with zero attached hydrogens (tertiary/aromatic N) is 2. The molecule has 0 aromatic heterocycles. The van der Waals surface area contributed by atoms with Crippen LogP contribution in [0.1, 0.15) is 23.7 Å². The molecule has 1 N–H and O–H groups in total. The van der Waals surface area contributed by atoms with Gasteiger partial charge >= 0.3 is 5.97 Å². The summed E-state index contributed by atoms with van der Waals surface area (Å²) in [5.41, 5.74) is -0.300. The molecule has 1 aliphatic rings. The molecule has 5 nitrogen and oxygen atoms in total. The first-order chi connectivity index (χ1) is 9.74. The zero-order chi connectivity index (χ0) is 15.8. The number of benzene rings is 1. The summed E-state index contributed by atoms with van der Waals surface area (Å²) in [6.45, 7) is 2.04. The molecule has 0 saturated carbocycles. The third-order valence-electron chi connectivity index (χ3n) is 3.98. The molecule has 1 unspecified atom stereocenters. The summed E-state index contributed by atoms with van der Waals surface area (Å²) in [6.07, 6.45) is 0.380. The highest BCUT2D eigenvalue weighted by molar-refractivity contribution is 5.95. The van der Waals surface area contributed by atoms with Crippen molar-refractivity contribution < 1.29 is 19.1 Å². The van der Waals surface area contributed by atoms with Gasteiger partial charge < -0.3 is 14.9 Å². The van der Waals surface area contributed by atoms with Gasteiger partial charge in [0.05, 0.1) is 11.0 Å². The third-order valence-corrected chi connectivity index (χ3v) is 3.98. The van der Waals surface area contributed by atoms with Crippen LogP contribution in [0.2, 0.25) is 0 Å². The molecule has 1 aromatic carbocycles. The highest BCUT2D eigenvalue weighted by atomic mass is 19.1. The standard InChI is InChI=1S/C15H19FN2O3/c1-15(14(20)21)6-7-18(9-15)13(19)11-5-4-10(17(2)3)8-12(11)16/h4-5,8H,6-7,9H2,1-3H3,(H,20,21). The first-order valence-electron chi connectivity index (χ1n) is 6.74. The quantitative estimate of drug-likeness (QED) is 0.924. The monoisotopic (exact) mass is 294 g/mol. The van der Waals surface area contributed by atoms with Gasteiger partial charge in [-0.15, -0.1) is 0 Å². The summed E-state index contributed by atoms with van der Waals surface area (Å²) in [5, 5.41) is 9.18. The van der Waals surface area contributed by atoms with E-state index in [0.717, 1.165) is 0 Å². The molecular formula is C15H19FN2O3. The number of carbonyl (C=O) groups is 2. The molecule has 6 heteroatoms. The fraction of sp³-hybridized carbons (Fsp3) is 0.467. The van der Waals surface area contributed by atoms with Gasteiger partial charge in [-0.25, -0.2) is 4.39 Å². The van der Waals surface area contributed by atoms with Gasteiger partial charge in [-0.1, -0.05) is 0 Å². The Hall–Kier alpha value is -2.11. The minimum atomic E-state index is -0.949. The minimum Gasteiger partial charge on any atom is -0.481 e. The Morgan fingerprint density at radius 3 is 2.52 bits per heavy atom. The molecule has 21 heavy (non-hydrogen) atoms. The second-order valence-corrected chi connectivity index (χ2v) is 5.90. The lowest BCUT2D eigenvalue weighted by molar-refractivity contribution is -0.147. The molecule has 114 valence electrons. The van der Waals surface area contributed by atoms with Crippen LogP contribution in [-0.4, -0.2) is 49.1 Å². The molecule has 0 radical (unpaired) electrons. The molecule has 1 heterocycles. The number of carboxylic acid groups (broad SMARTS) is 1. The van der Waals surface area contributed by atoms with Crippen LogP contribution in [0, 0.1) is 11.2 Å². The number of anilines is 1. The van der Waals surface area contributed by atoms with Crippen LogP contribution < -0.4 is 4.90 Å². The Morgan fingerprint density at radius 2 is 2.05 bits per heavy atom. The number of likely N-dealkylation sites (tertiary alicyclic amines) is 1. The normalized spacial score (nSPS) is 21.4. The van der Waals surface area contributed by atoms with Crippen molar-refractivity contribution in [2.24, 2.45) is 5.41 Å². The molecule has 1 aromatic rings. The van der Waals surface area contributed by atoms with Crippen LogP contribution in [0.15, 0.2) is 18.2 Å². The number of aliphatic carboxylic acids is 1. The predicted molar refractivity (Wildman–Crippen MR) is 77.0 cm³/mol. The molecule has 0 spiro atoms. The zero-order valence-electron chi connectivity index (χ0n) is 12.4. The fourth-order valence-electron chi connectivity index (χ4n) is 2.43. The van der Waals surface area contributed by atoms with Gasteiger partial charge in [0.2, 0.25) is 0 Å². The largest absolute Gasteiger partial charge is 0.481 e. The summed E-state index contributed by atoms with van der Waals surface area (Å²) in [7, 11) is 3.57. The lowest BCUT2D eigenvalue weighted by Crippen LogP contribution is -2.35. The van der Waals surface area contributed by atoms with Gasteiger partial charge in [-0.05, 0) is 31.5 Å². The van der Waals surface area contributed by atoms with Crippen LogP contribution in [0.25, 0.3) is 0 Å². The number of amides is 1. The summed E-state index contributed by atoms with van der Waals surface area (Å²) < 4.78 is 14.1. The van der Waals surface area contributed by atoms with E-state index in [0.29, 0.717) is 18.7 Å². The number of carbonyl (C=O) groups excluding carboxylic acids is 1. The molecular weight excluding hydrogens is 275 g/mol. The van der Waals surface area contributed by atoms with Gasteiger partial charge in [0.25, 0.3) is 5.91 Å². The van der Waals surface area contributed by atoms with Crippen LogP contribution >= 0.6 is 0 Å². The van der Waals surface area contributed by atoms with E-state index in [9.17, 15) is 19.1 Å². The fourth-order valence-corrected chi connectivity index (χ4v) is 2.43. The molecule has 1 atom stereocenters. The smallest absolute Gasteiger partial charge is 0.311 e. The second-order valence-electron chi connectivity index (χ2n) is 5.90. The summed E-state index contributed by atoms with van der Waals surface area (Å²) in [4.78, 5) is 26.7. The minimum absolute atomic E-state index is 0.0183. The molecule has 1 saturated heterocycles. The van der Waals surface area contributed by atoms with E-state index in [1.54, 1.807) is 32.0 Å². The molecule has 2 rings (SSSR count). The van der Waals surface area contributed by atoms with E-state index in [1.165, 1.54) is 17.0 Å². The Morgan fingerprint density at radius 1 is 1.38 bits per heavy atom. The van der Waals surface area contributed by atoms with Crippen molar-refractivity contribution in [2.75, 3.05) is 32.1 Å². The highest BCUT2D eigenvalue weighted by Gasteiger charge is 2.42. The Bertz CT molecular complexity index is 588. The lowest BCUT2D eigenvalue weighted by Gasteiger charge is -2.21. The first kappa shape index (κ1) is 15.3. The van der Waals surface area contributed by atoms with E-state index >= 15 is 0 Å².